The molecule has 67 heavy (non-hydrogen) atoms. The lowest BCUT2D eigenvalue weighted by atomic mass is 10.0. The summed E-state index contributed by atoms with van der Waals surface area (Å²) in [5, 5.41) is 19.9. The van der Waals surface area contributed by atoms with E-state index < -0.39 is 52.7 Å². The number of hydrogen-bond acceptors (Lipinski definition) is 16. The first-order valence-corrected chi connectivity index (χ1v) is 24.6. The third-order valence-electron chi connectivity index (χ3n) is 12.9. The van der Waals surface area contributed by atoms with Crippen LogP contribution in [0.15, 0.2) is 41.3 Å². The maximum atomic E-state index is 13.6. The molecule has 4 N–H and O–H groups in total. The van der Waals surface area contributed by atoms with Crippen LogP contribution in [0.5, 0.6) is 5.75 Å². The van der Waals surface area contributed by atoms with Crippen LogP contribution in [0.1, 0.15) is 79.6 Å². The molecule has 22 nitrogen and oxygen atoms in total. The number of carbonyl (C=O) groups is 4. The molecule has 4 amide bonds. The highest BCUT2D eigenvalue weighted by molar-refractivity contribution is 7.86. The number of nitrogens with zero attached hydrogens (tertiary/aromatic N) is 7. The van der Waals surface area contributed by atoms with Crippen LogP contribution in [0.2, 0.25) is 0 Å². The zero-order valence-corrected chi connectivity index (χ0v) is 38.3. The lowest BCUT2D eigenvalue weighted by molar-refractivity contribution is -0.139. The van der Waals surface area contributed by atoms with Gasteiger partial charge < -0.3 is 34.7 Å². The van der Waals surface area contributed by atoms with Gasteiger partial charge in [0.15, 0.2) is 12.8 Å². The third kappa shape index (κ3) is 11.6. The van der Waals surface area contributed by atoms with Crippen molar-refractivity contribution in [3.63, 3.8) is 0 Å². The molecule has 0 radical (unpaired) electrons. The van der Waals surface area contributed by atoms with Crippen molar-refractivity contribution in [3.8, 4) is 5.75 Å². The number of anilines is 1. The van der Waals surface area contributed by atoms with Crippen molar-refractivity contribution in [2.75, 3.05) is 104 Å². The van der Waals surface area contributed by atoms with E-state index in [1.807, 2.05) is 4.57 Å². The lowest BCUT2D eigenvalue weighted by Crippen LogP contribution is -2.55. The average Bonchev–Trinajstić information content (AvgIpc) is 3.95. The number of imide groups is 1. The molecule has 1 aliphatic carbocycles. The highest BCUT2D eigenvalue weighted by Gasteiger charge is 2.46. The van der Waals surface area contributed by atoms with Crippen LogP contribution >= 0.6 is 0 Å². The number of aliphatic hydroxyl groups is 1. The summed E-state index contributed by atoms with van der Waals surface area (Å²) >= 11 is 0. The molecule has 0 bridgehead atoms. The predicted molar refractivity (Wildman–Crippen MR) is 241 cm³/mol. The van der Waals surface area contributed by atoms with Crippen LogP contribution in [0.25, 0.3) is 11.0 Å². The number of hydrogen-bond donors (Lipinski definition) is 4. The molecule has 8 rings (SSSR count). The van der Waals surface area contributed by atoms with Gasteiger partial charge in [-0.05, 0) is 44.2 Å². The number of benzene rings is 1. The second-order valence-corrected chi connectivity index (χ2v) is 19.2. The molecule has 23 heteroatoms. The first-order chi connectivity index (χ1) is 32.5. The summed E-state index contributed by atoms with van der Waals surface area (Å²) in [7, 11) is -3.60. The normalized spacial score (nSPS) is 21.5. The van der Waals surface area contributed by atoms with Gasteiger partial charge in [0, 0.05) is 94.1 Å². The van der Waals surface area contributed by atoms with Crippen molar-refractivity contribution >= 4 is 50.8 Å². The standard InChI is InChI=1S/C44H60N10O12S/c55-36-10-9-34(41(58)48-36)54-42(59)33-6-3-7-35(39(33)43(54)60)66-29-37(56)45-14-22-63-24-26-65-27-25-64-23-21-50-17-19-52(20-18-50)67(61,62)51-15-12-31(13-16-51)47-44-46-28-30-8-11-38(57)53(40(30)49-44)32-4-1-2-5-32/h3,6-8,11,28,31-32,34,42,59H,1-2,4-5,9-10,12-27,29H2,(H,45,56)(H,46,47,49)(H,48,55,58). The summed E-state index contributed by atoms with van der Waals surface area (Å²) in [5.74, 6) is -1.62. The fraction of sp³-hybridized carbons (Fsp3) is 0.614. The number of aliphatic hydroxyl groups excluding tert-OH is 1. The SMILES string of the molecule is O=C(COc1cccc2c1C(=O)N(C1CCC(=O)NC1=O)C2O)NCCOCCOCCOCCN1CCN(S(=O)(=O)N2CCC(Nc3ncc4ccc(=O)n(C5CCCC5)c4n3)CC2)CC1. The van der Waals surface area contributed by atoms with E-state index in [4.69, 9.17) is 23.9 Å². The number of amides is 4. The second-order valence-electron chi connectivity index (χ2n) is 17.3. The van der Waals surface area contributed by atoms with Crippen molar-refractivity contribution in [1.29, 1.82) is 0 Å². The van der Waals surface area contributed by atoms with E-state index >= 15 is 0 Å². The molecular weight excluding hydrogens is 893 g/mol. The van der Waals surface area contributed by atoms with Gasteiger partial charge in [0.25, 0.3) is 27.6 Å². The predicted octanol–water partition coefficient (Wildman–Crippen LogP) is 0.142. The fourth-order valence-electron chi connectivity index (χ4n) is 9.34. The molecule has 4 aliphatic heterocycles. The first-order valence-electron chi connectivity index (χ1n) is 23.2. The Hall–Kier alpha value is -5.14. The number of pyridine rings is 1. The van der Waals surface area contributed by atoms with Gasteiger partial charge in [-0.25, -0.2) is 4.98 Å². The number of carbonyl (C=O) groups excluding carboxylic acids is 4. The molecule has 4 fully saturated rings. The number of piperazine rings is 1. The Morgan fingerprint density at radius 1 is 0.836 bits per heavy atom. The van der Waals surface area contributed by atoms with Crippen LogP contribution in [0.3, 0.4) is 0 Å². The van der Waals surface area contributed by atoms with Gasteiger partial charge in [0.05, 0.1) is 45.2 Å². The number of piperidine rings is 2. The molecule has 2 unspecified atom stereocenters. The highest BCUT2D eigenvalue weighted by Crippen LogP contribution is 2.39. The number of aromatic nitrogens is 3. The minimum absolute atomic E-state index is 0.0127. The molecule has 364 valence electrons. The highest BCUT2D eigenvalue weighted by atomic mass is 32.2. The Bertz CT molecular complexity index is 2420. The van der Waals surface area contributed by atoms with Crippen LogP contribution in [-0.2, 0) is 38.8 Å². The Morgan fingerprint density at radius 3 is 2.27 bits per heavy atom. The monoisotopic (exact) mass is 952 g/mol. The second kappa shape index (κ2) is 22.3. The van der Waals surface area contributed by atoms with Crippen molar-refractivity contribution in [3.05, 3.63) is 58.0 Å². The minimum Gasteiger partial charge on any atom is -0.483 e. The molecule has 3 saturated heterocycles. The largest absolute Gasteiger partial charge is 0.483 e. The van der Waals surface area contributed by atoms with Crippen LogP contribution in [0.4, 0.5) is 5.95 Å². The van der Waals surface area contributed by atoms with Gasteiger partial charge >= 0.3 is 0 Å². The maximum absolute atomic E-state index is 13.6. The molecule has 1 aromatic carbocycles. The van der Waals surface area contributed by atoms with E-state index in [-0.39, 0.29) is 60.5 Å². The summed E-state index contributed by atoms with van der Waals surface area (Å²) in [6.07, 6.45) is 5.85. The number of fused-ring (bicyclic) bond motifs is 2. The topological polar surface area (TPSA) is 256 Å². The molecule has 5 aliphatic rings. The smallest absolute Gasteiger partial charge is 0.282 e. The zero-order valence-electron chi connectivity index (χ0n) is 37.5. The van der Waals surface area contributed by atoms with Crippen molar-refractivity contribution in [2.45, 2.75) is 75.7 Å². The van der Waals surface area contributed by atoms with E-state index in [2.05, 4.69) is 25.8 Å². The van der Waals surface area contributed by atoms with Gasteiger partial charge in [0.1, 0.15) is 17.4 Å². The van der Waals surface area contributed by atoms with Gasteiger partial charge in [-0.3, -0.25) is 43.7 Å². The van der Waals surface area contributed by atoms with Crippen molar-refractivity contribution < 1.29 is 51.6 Å². The van der Waals surface area contributed by atoms with Crippen LogP contribution in [0, 0.1) is 0 Å². The molecule has 1 saturated carbocycles. The summed E-state index contributed by atoms with van der Waals surface area (Å²) in [6, 6.07) is 7.13. The lowest BCUT2D eigenvalue weighted by Gasteiger charge is -2.38. The van der Waals surface area contributed by atoms with E-state index in [9.17, 15) is 37.5 Å². The van der Waals surface area contributed by atoms with Crippen molar-refractivity contribution in [1.82, 2.24) is 43.6 Å². The molecule has 2 aromatic heterocycles. The molecular formula is C44H60N10O12S. The van der Waals surface area contributed by atoms with Gasteiger partial charge in [-0.1, -0.05) is 25.0 Å². The minimum atomic E-state index is -3.60. The molecule has 3 aromatic rings. The number of rotatable bonds is 21. The van der Waals surface area contributed by atoms with E-state index in [0.717, 1.165) is 36.0 Å². The van der Waals surface area contributed by atoms with E-state index in [1.165, 1.54) is 6.07 Å². The maximum Gasteiger partial charge on any atom is 0.282 e. The number of nitrogens with one attached hydrogen (secondary N) is 3. The van der Waals surface area contributed by atoms with E-state index in [1.54, 1.807) is 39.1 Å². The summed E-state index contributed by atoms with van der Waals surface area (Å²) in [6.45, 7) is 5.47. The van der Waals surface area contributed by atoms with Crippen molar-refractivity contribution in [2.24, 2.45) is 0 Å². The van der Waals surface area contributed by atoms with Gasteiger partial charge in [0.2, 0.25) is 17.8 Å². The molecule has 0 spiro atoms. The Labute approximate surface area is 388 Å². The van der Waals surface area contributed by atoms with Crippen LogP contribution in [-0.4, -0.2) is 181 Å². The molecule has 2 atom stereocenters. The Kier molecular flexibility index (Phi) is 16.1. The summed E-state index contributed by atoms with van der Waals surface area (Å²) in [5.41, 5.74) is 0.907. The van der Waals surface area contributed by atoms with E-state index in [0.29, 0.717) is 103 Å². The summed E-state index contributed by atoms with van der Waals surface area (Å²) in [4.78, 5) is 74.9. The zero-order chi connectivity index (χ0) is 46.9. The van der Waals surface area contributed by atoms with Gasteiger partial charge in [-0.15, -0.1) is 0 Å². The summed E-state index contributed by atoms with van der Waals surface area (Å²) < 4.78 is 54.6. The first kappa shape index (κ1) is 48.3. The quantitative estimate of drug-likeness (QED) is 0.0819. The average molecular weight is 953 g/mol. The van der Waals surface area contributed by atoms with Gasteiger partial charge in [-0.2, -0.15) is 22.0 Å². The molecule has 6 heterocycles. The van der Waals surface area contributed by atoms with Crippen LogP contribution < -0.4 is 26.2 Å². The fourth-order valence-corrected chi connectivity index (χ4v) is 11.0. The third-order valence-corrected chi connectivity index (χ3v) is 15.0. The Balaban J connectivity index is 0.638. The number of ether oxygens (including phenoxy) is 4. The Morgan fingerprint density at radius 2 is 1.54 bits per heavy atom.